The zero-order valence-corrected chi connectivity index (χ0v) is 5.45. The van der Waals surface area contributed by atoms with Gasteiger partial charge in [0.1, 0.15) is 0 Å². The molecule has 0 aromatic rings. The number of rotatable bonds is 1. The minimum Gasteiger partial charge on any atom is -0.316 e. The molecule has 0 amide bonds. The highest BCUT2D eigenvalue weighted by Gasteiger charge is 2.37. The normalized spacial score (nSPS) is 36.0. The molecule has 0 aliphatic carbocycles. The Bertz CT molecular complexity index is 97.2. The first-order valence-corrected chi connectivity index (χ1v) is 3.14. The van der Waals surface area contributed by atoms with Gasteiger partial charge >= 0.3 is 0 Å². The fourth-order valence-corrected chi connectivity index (χ4v) is 1.02. The lowest BCUT2D eigenvalue weighted by atomic mass is 9.91. The summed E-state index contributed by atoms with van der Waals surface area (Å²) >= 11 is 0. The highest BCUT2D eigenvalue weighted by molar-refractivity contribution is 4.85. The molecule has 0 spiro atoms. The SMILES string of the molecule is CC1(C(F)F)CCNC1. The Morgan fingerprint density at radius 2 is 2.22 bits per heavy atom. The van der Waals surface area contributed by atoms with E-state index in [2.05, 4.69) is 5.32 Å². The van der Waals surface area contributed by atoms with Crippen LogP contribution in [0.1, 0.15) is 13.3 Å². The van der Waals surface area contributed by atoms with Gasteiger partial charge in [-0.1, -0.05) is 6.92 Å². The monoisotopic (exact) mass is 135 g/mol. The van der Waals surface area contributed by atoms with Gasteiger partial charge in [0.15, 0.2) is 0 Å². The molecule has 1 aliphatic heterocycles. The van der Waals surface area contributed by atoms with E-state index >= 15 is 0 Å². The number of hydrogen-bond donors (Lipinski definition) is 1. The predicted molar refractivity (Wildman–Crippen MR) is 31.6 cm³/mol. The minimum absolute atomic E-state index is 0.463. The van der Waals surface area contributed by atoms with Crippen LogP contribution >= 0.6 is 0 Å². The molecule has 3 heteroatoms. The summed E-state index contributed by atoms with van der Waals surface area (Å²) in [7, 11) is 0. The molecule has 54 valence electrons. The van der Waals surface area contributed by atoms with Gasteiger partial charge in [0.05, 0.1) is 0 Å². The number of hydrogen-bond acceptors (Lipinski definition) is 1. The van der Waals surface area contributed by atoms with Crippen molar-refractivity contribution in [2.45, 2.75) is 19.8 Å². The van der Waals surface area contributed by atoms with Crippen molar-refractivity contribution in [1.29, 1.82) is 0 Å². The van der Waals surface area contributed by atoms with E-state index in [1.807, 2.05) is 0 Å². The smallest absolute Gasteiger partial charge is 0.245 e. The third-order valence-electron chi connectivity index (χ3n) is 1.93. The highest BCUT2D eigenvalue weighted by atomic mass is 19.3. The third kappa shape index (κ3) is 1.21. The molecule has 1 N–H and O–H groups in total. The van der Waals surface area contributed by atoms with Gasteiger partial charge in [0, 0.05) is 12.0 Å². The molecule has 1 atom stereocenters. The van der Waals surface area contributed by atoms with Crippen LogP contribution < -0.4 is 5.32 Å². The molecular weight excluding hydrogens is 124 g/mol. The van der Waals surface area contributed by atoms with E-state index in [-0.39, 0.29) is 0 Å². The molecule has 1 saturated heterocycles. The van der Waals surface area contributed by atoms with Crippen LogP contribution in [0.15, 0.2) is 0 Å². The molecular formula is C6H11F2N. The topological polar surface area (TPSA) is 12.0 Å². The van der Waals surface area contributed by atoms with Gasteiger partial charge in [-0.3, -0.25) is 0 Å². The summed E-state index contributed by atoms with van der Waals surface area (Å²) in [4.78, 5) is 0. The Hall–Kier alpha value is -0.180. The second-order valence-corrected chi connectivity index (χ2v) is 2.88. The van der Waals surface area contributed by atoms with Gasteiger partial charge in [-0.2, -0.15) is 0 Å². The lowest BCUT2D eigenvalue weighted by molar-refractivity contribution is 0.0209. The second-order valence-electron chi connectivity index (χ2n) is 2.88. The average Bonchev–Trinajstić information content (AvgIpc) is 2.16. The van der Waals surface area contributed by atoms with E-state index in [0.29, 0.717) is 13.0 Å². The zero-order valence-electron chi connectivity index (χ0n) is 5.45. The Morgan fingerprint density at radius 1 is 1.56 bits per heavy atom. The lowest BCUT2D eigenvalue weighted by Crippen LogP contribution is -2.28. The van der Waals surface area contributed by atoms with Crippen molar-refractivity contribution in [3.8, 4) is 0 Å². The van der Waals surface area contributed by atoms with Crippen molar-refractivity contribution in [3.05, 3.63) is 0 Å². The van der Waals surface area contributed by atoms with Crippen LogP contribution in [0.25, 0.3) is 0 Å². The number of halogens is 2. The molecule has 0 aromatic heterocycles. The Morgan fingerprint density at radius 3 is 2.44 bits per heavy atom. The van der Waals surface area contributed by atoms with Gasteiger partial charge in [0.25, 0.3) is 0 Å². The standard InChI is InChI=1S/C6H11F2N/c1-6(5(7)8)2-3-9-4-6/h5,9H,2-4H2,1H3. The molecule has 1 aliphatic rings. The van der Waals surface area contributed by atoms with Crippen LogP contribution in [0.2, 0.25) is 0 Å². The first-order valence-electron chi connectivity index (χ1n) is 3.14. The van der Waals surface area contributed by atoms with Crippen LogP contribution in [-0.2, 0) is 0 Å². The van der Waals surface area contributed by atoms with Crippen molar-refractivity contribution >= 4 is 0 Å². The molecule has 0 aromatic carbocycles. The largest absolute Gasteiger partial charge is 0.316 e. The molecule has 1 rings (SSSR count). The van der Waals surface area contributed by atoms with Crippen LogP contribution in [0, 0.1) is 5.41 Å². The Kier molecular flexibility index (Phi) is 1.70. The summed E-state index contributed by atoms with van der Waals surface area (Å²) < 4.78 is 24.2. The molecule has 0 saturated carbocycles. The lowest BCUT2D eigenvalue weighted by Gasteiger charge is -2.20. The van der Waals surface area contributed by atoms with Gasteiger partial charge in [-0.15, -0.1) is 0 Å². The van der Waals surface area contributed by atoms with Crippen LogP contribution in [-0.4, -0.2) is 19.5 Å². The fraction of sp³-hybridized carbons (Fsp3) is 1.00. The van der Waals surface area contributed by atoms with Gasteiger partial charge in [-0.25, -0.2) is 8.78 Å². The zero-order chi connectivity index (χ0) is 6.91. The second kappa shape index (κ2) is 2.21. The fourth-order valence-electron chi connectivity index (χ4n) is 1.02. The van der Waals surface area contributed by atoms with E-state index in [4.69, 9.17) is 0 Å². The van der Waals surface area contributed by atoms with Crippen molar-refractivity contribution < 1.29 is 8.78 Å². The highest BCUT2D eigenvalue weighted by Crippen LogP contribution is 2.31. The van der Waals surface area contributed by atoms with Crippen molar-refractivity contribution in [2.24, 2.45) is 5.41 Å². The van der Waals surface area contributed by atoms with Gasteiger partial charge < -0.3 is 5.32 Å². The van der Waals surface area contributed by atoms with E-state index in [1.54, 1.807) is 6.92 Å². The van der Waals surface area contributed by atoms with Crippen molar-refractivity contribution in [1.82, 2.24) is 5.32 Å². The van der Waals surface area contributed by atoms with Crippen LogP contribution in [0.5, 0.6) is 0 Å². The first kappa shape index (κ1) is 6.93. The number of alkyl halides is 2. The Labute approximate surface area is 53.4 Å². The molecule has 1 nitrogen and oxygen atoms in total. The quantitative estimate of drug-likeness (QED) is 0.570. The summed E-state index contributed by atoms with van der Waals surface area (Å²) in [5, 5.41) is 2.91. The Balaban J connectivity index is 2.51. The molecule has 9 heavy (non-hydrogen) atoms. The first-order chi connectivity index (χ1) is 4.15. The predicted octanol–water partition coefficient (Wildman–Crippen LogP) is 1.25. The summed E-state index contributed by atoms with van der Waals surface area (Å²) in [6.45, 7) is 2.82. The van der Waals surface area contributed by atoms with E-state index in [1.165, 1.54) is 0 Å². The third-order valence-corrected chi connectivity index (χ3v) is 1.93. The van der Waals surface area contributed by atoms with Gasteiger partial charge in [-0.05, 0) is 13.0 Å². The number of nitrogens with one attached hydrogen (secondary N) is 1. The van der Waals surface area contributed by atoms with Crippen LogP contribution in [0.4, 0.5) is 8.78 Å². The van der Waals surface area contributed by atoms with Crippen molar-refractivity contribution in [2.75, 3.05) is 13.1 Å². The van der Waals surface area contributed by atoms with Crippen molar-refractivity contribution in [3.63, 3.8) is 0 Å². The maximum atomic E-state index is 12.1. The van der Waals surface area contributed by atoms with Gasteiger partial charge in [0.2, 0.25) is 6.43 Å². The molecule has 0 radical (unpaired) electrons. The maximum absolute atomic E-state index is 12.1. The molecule has 0 bridgehead atoms. The molecule has 1 unspecified atom stereocenters. The minimum atomic E-state index is -2.17. The molecule has 1 fully saturated rings. The molecule has 1 heterocycles. The van der Waals surface area contributed by atoms with E-state index in [9.17, 15) is 8.78 Å². The van der Waals surface area contributed by atoms with E-state index < -0.39 is 11.8 Å². The summed E-state index contributed by atoms with van der Waals surface area (Å²) in [6.07, 6.45) is -1.57. The summed E-state index contributed by atoms with van der Waals surface area (Å²) in [5.74, 6) is 0. The van der Waals surface area contributed by atoms with Crippen LogP contribution in [0.3, 0.4) is 0 Å². The summed E-state index contributed by atoms with van der Waals surface area (Å²) in [5.41, 5.74) is -0.750. The maximum Gasteiger partial charge on any atom is 0.245 e. The summed E-state index contributed by atoms with van der Waals surface area (Å²) in [6, 6.07) is 0. The van der Waals surface area contributed by atoms with E-state index in [0.717, 1.165) is 6.54 Å². The average molecular weight is 135 g/mol.